The molecule has 0 aliphatic carbocycles. The zero-order valence-electron chi connectivity index (χ0n) is 9.05. The summed E-state index contributed by atoms with van der Waals surface area (Å²) in [5.41, 5.74) is 0. The van der Waals surface area contributed by atoms with Gasteiger partial charge in [-0.05, 0) is 6.42 Å². The van der Waals surface area contributed by atoms with Gasteiger partial charge in [0.15, 0.2) is 5.96 Å². The van der Waals surface area contributed by atoms with Gasteiger partial charge in [0.1, 0.15) is 0 Å². The van der Waals surface area contributed by atoms with Crippen LogP contribution in [-0.4, -0.2) is 39.3 Å². The summed E-state index contributed by atoms with van der Waals surface area (Å²) < 4.78 is 5.29. The number of halogens is 1. The van der Waals surface area contributed by atoms with Gasteiger partial charge < -0.3 is 15.4 Å². The van der Waals surface area contributed by atoms with Crippen molar-refractivity contribution in [2.75, 3.05) is 33.4 Å². The zero-order valence-corrected chi connectivity index (χ0v) is 9.81. The number of ether oxygens (including phenoxy) is 1. The second kappa shape index (κ2) is 6.69. The van der Waals surface area contributed by atoms with E-state index in [1.54, 1.807) is 7.05 Å². The molecule has 0 aromatic carbocycles. The normalized spacial score (nSPS) is 21.5. The number of rotatable bonds is 4. The van der Waals surface area contributed by atoms with Crippen molar-refractivity contribution in [1.29, 1.82) is 0 Å². The third-order valence-electron chi connectivity index (χ3n) is 2.25. The largest absolute Gasteiger partial charge is 0.381 e. The first kappa shape index (κ1) is 12.3. The van der Waals surface area contributed by atoms with Crippen molar-refractivity contribution < 1.29 is 4.74 Å². The predicted octanol–water partition coefficient (Wildman–Crippen LogP) is 0.940. The van der Waals surface area contributed by atoms with Crippen LogP contribution in [0.2, 0.25) is 0 Å². The number of hydrogen-bond donors (Lipinski definition) is 2. The van der Waals surface area contributed by atoms with Crippen LogP contribution in [0.3, 0.4) is 0 Å². The molecule has 0 saturated carbocycles. The molecule has 1 rings (SSSR count). The third-order valence-corrected chi connectivity index (χ3v) is 2.39. The minimum Gasteiger partial charge on any atom is -0.381 e. The Kier molecular flexibility index (Phi) is 5.50. The lowest BCUT2D eigenvalue weighted by molar-refractivity contribution is 0.186. The van der Waals surface area contributed by atoms with Gasteiger partial charge in [-0.15, -0.1) is 0 Å². The Balaban J connectivity index is 2.18. The van der Waals surface area contributed by atoms with Crippen molar-refractivity contribution in [3.8, 4) is 0 Å². The summed E-state index contributed by atoms with van der Waals surface area (Å²) in [6.45, 7) is 6.72. The molecule has 5 heteroatoms. The molecular formula is C10H18ClN3O. The molecule has 2 N–H and O–H groups in total. The van der Waals surface area contributed by atoms with Crippen LogP contribution < -0.4 is 10.6 Å². The lowest BCUT2D eigenvalue weighted by Crippen LogP contribution is -2.40. The highest BCUT2D eigenvalue weighted by molar-refractivity contribution is 6.29. The molecule has 1 unspecified atom stereocenters. The van der Waals surface area contributed by atoms with Crippen LogP contribution in [0.4, 0.5) is 0 Å². The monoisotopic (exact) mass is 231 g/mol. The average Bonchev–Trinajstić information content (AvgIpc) is 2.70. The molecule has 1 saturated heterocycles. The van der Waals surface area contributed by atoms with Gasteiger partial charge in [-0.2, -0.15) is 0 Å². The summed E-state index contributed by atoms with van der Waals surface area (Å²) >= 11 is 5.65. The van der Waals surface area contributed by atoms with Crippen molar-refractivity contribution >= 4 is 17.6 Å². The Morgan fingerprint density at radius 2 is 2.40 bits per heavy atom. The van der Waals surface area contributed by atoms with Crippen molar-refractivity contribution in [3.63, 3.8) is 0 Å². The highest BCUT2D eigenvalue weighted by Gasteiger charge is 2.15. The second-order valence-corrected chi connectivity index (χ2v) is 4.09. The van der Waals surface area contributed by atoms with Crippen molar-refractivity contribution in [3.05, 3.63) is 11.6 Å². The summed E-state index contributed by atoms with van der Waals surface area (Å²) in [4.78, 5) is 4.07. The standard InChI is InChI=1S/C10H18ClN3O/c1-8(11)5-13-10(12-2)14-6-9-3-4-15-7-9/h9H,1,3-7H2,2H3,(H2,12,13,14). The van der Waals surface area contributed by atoms with Gasteiger partial charge >= 0.3 is 0 Å². The van der Waals surface area contributed by atoms with Crippen LogP contribution >= 0.6 is 11.6 Å². The molecule has 1 fully saturated rings. The fourth-order valence-electron chi connectivity index (χ4n) is 1.39. The zero-order chi connectivity index (χ0) is 11.1. The molecule has 1 heterocycles. The molecule has 4 nitrogen and oxygen atoms in total. The van der Waals surface area contributed by atoms with E-state index in [0.29, 0.717) is 17.5 Å². The van der Waals surface area contributed by atoms with Crippen LogP contribution in [0, 0.1) is 5.92 Å². The van der Waals surface area contributed by atoms with E-state index in [4.69, 9.17) is 16.3 Å². The molecule has 1 atom stereocenters. The summed E-state index contributed by atoms with van der Waals surface area (Å²) in [5.74, 6) is 1.34. The van der Waals surface area contributed by atoms with Gasteiger partial charge in [-0.3, -0.25) is 4.99 Å². The Bertz CT molecular complexity index is 237. The maximum atomic E-state index is 5.65. The molecule has 0 spiro atoms. The predicted molar refractivity (Wildman–Crippen MR) is 63.3 cm³/mol. The molecule has 1 aliphatic rings. The maximum Gasteiger partial charge on any atom is 0.191 e. The van der Waals surface area contributed by atoms with Gasteiger partial charge in [0.2, 0.25) is 0 Å². The van der Waals surface area contributed by atoms with Crippen LogP contribution in [0.15, 0.2) is 16.6 Å². The van der Waals surface area contributed by atoms with Crippen molar-refractivity contribution in [2.45, 2.75) is 6.42 Å². The van der Waals surface area contributed by atoms with E-state index < -0.39 is 0 Å². The molecule has 0 aromatic heterocycles. The Morgan fingerprint density at radius 1 is 1.60 bits per heavy atom. The molecule has 0 radical (unpaired) electrons. The average molecular weight is 232 g/mol. The summed E-state index contributed by atoms with van der Waals surface area (Å²) in [6, 6.07) is 0. The SMILES string of the molecule is C=C(Cl)CNC(=NC)NCC1CCOC1. The van der Waals surface area contributed by atoms with E-state index in [2.05, 4.69) is 22.2 Å². The molecule has 0 amide bonds. The molecule has 86 valence electrons. The second-order valence-electron chi connectivity index (χ2n) is 3.55. The lowest BCUT2D eigenvalue weighted by Gasteiger charge is -2.13. The van der Waals surface area contributed by atoms with Crippen molar-refractivity contribution in [2.24, 2.45) is 10.9 Å². The third kappa shape index (κ3) is 5.04. The Labute approximate surface area is 95.7 Å². The minimum absolute atomic E-state index is 0.530. The molecule has 15 heavy (non-hydrogen) atoms. The number of guanidine groups is 1. The van der Waals surface area contributed by atoms with E-state index in [1.165, 1.54) is 0 Å². The van der Waals surface area contributed by atoms with Gasteiger partial charge in [0.05, 0.1) is 13.2 Å². The first-order valence-corrected chi connectivity index (χ1v) is 5.45. The number of hydrogen-bond acceptors (Lipinski definition) is 2. The molecular weight excluding hydrogens is 214 g/mol. The molecule has 0 aromatic rings. The number of nitrogens with zero attached hydrogens (tertiary/aromatic N) is 1. The quantitative estimate of drug-likeness (QED) is 0.559. The lowest BCUT2D eigenvalue weighted by atomic mass is 10.1. The smallest absolute Gasteiger partial charge is 0.191 e. The Hall–Kier alpha value is -0.740. The van der Waals surface area contributed by atoms with Crippen LogP contribution in [0.5, 0.6) is 0 Å². The van der Waals surface area contributed by atoms with Crippen molar-refractivity contribution in [1.82, 2.24) is 10.6 Å². The fourth-order valence-corrected chi connectivity index (χ4v) is 1.45. The maximum absolute atomic E-state index is 5.65. The highest BCUT2D eigenvalue weighted by atomic mass is 35.5. The Morgan fingerprint density at radius 3 is 2.93 bits per heavy atom. The van der Waals surface area contributed by atoms with E-state index >= 15 is 0 Å². The summed E-state index contributed by atoms with van der Waals surface area (Å²) in [5, 5.41) is 6.86. The highest BCUT2D eigenvalue weighted by Crippen LogP contribution is 2.10. The van der Waals surface area contributed by atoms with E-state index in [0.717, 1.165) is 32.1 Å². The first-order chi connectivity index (χ1) is 7.22. The molecule has 1 aliphatic heterocycles. The van der Waals surface area contributed by atoms with Gasteiger partial charge in [0, 0.05) is 31.1 Å². The summed E-state index contributed by atoms with van der Waals surface area (Å²) in [6.07, 6.45) is 1.12. The van der Waals surface area contributed by atoms with E-state index in [-0.39, 0.29) is 0 Å². The topological polar surface area (TPSA) is 45.7 Å². The van der Waals surface area contributed by atoms with E-state index in [9.17, 15) is 0 Å². The van der Waals surface area contributed by atoms with Crippen LogP contribution in [0.1, 0.15) is 6.42 Å². The minimum atomic E-state index is 0.530. The van der Waals surface area contributed by atoms with E-state index in [1.807, 2.05) is 0 Å². The van der Waals surface area contributed by atoms with Gasteiger partial charge in [0.25, 0.3) is 0 Å². The number of nitrogens with one attached hydrogen (secondary N) is 2. The first-order valence-electron chi connectivity index (χ1n) is 5.08. The van der Waals surface area contributed by atoms with Gasteiger partial charge in [-0.1, -0.05) is 18.2 Å². The van der Waals surface area contributed by atoms with Crippen LogP contribution in [0.25, 0.3) is 0 Å². The number of aliphatic imine (C=N–C) groups is 1. The fraction of sp³-hybridized carbons (Fsp3) is 0.700. The van der Waals surface area contributed by atoms with Gasteiger partial charge in [-0.25, -0.2) is 0 Å². The van der Waals surface area contributed by atoms with Crippen LogP contribution in [-0.2, 0) is 4.74 Å². The summed E-state index contributed by atoms with van der Waals surface area (Å²) in [7, 11) is 1.73. The molecule has 0 bridgehead atoms.